The molecule has 0 saturated carbocycles. The number of alkyl halides is 1. The normalized spacial score (nSPS) is 18.1. The number of likely N-dealkylation sites (tertiary alicyclic amines) is 1. The van der Waals surface area contributed by atoms with Crippen molar-refractivity contribution in [3.05, 3.63) is 101 Å². The molecule has 5 rings (SSSR count). The molecule has 3 aromatic carbocycles. The first-order valence-corrected chi connectivity index (χ1v) is 12.8. The lowest BCUT2D eigenvalue weighted by atomic mass is 9.87. The van der Waals surface area contributed by atoms with Gasteiger partial charge in [-0.2, -0.15) is 0 Å². The predicted octanol–water partition coefficient (Wildman–Crippen LogP) is 6.49. The standard InChI is InChI=1S/C31H32FNO3/c32-16-6-17-33-18-15-27(21-33)36-26-11-4-10-24(20-26)30-28(22-7-2-1-3-8-22)12-5-9-23-19-25(31(34)35)13-14-29(23)30/h1-4,7-8,10-11,13-14,19-20,27H,5-6,9,12,15-18,21H2,(H,34,35)/t27-/m0/s1. The highest BCUT2D eigenvalue weighted by atomic mass is 19.1. The first kappa shape index (κ1) is 24.3. The Balaban J connectivity index is 1.53. The van der Waals surface area contributed by atoms with Crippen molar-refractivity contribution < 1.29 is 19.0 Å². The van der Waals surface area contributed by atoms with Crippen molar-refractivity contribution in [2.45, 2.75) is 38.2 Å². The second-order valence-electron chi connectivity index (χ2n) is 9.65. The minimum atomic E-state index is -0.900. The second-order valence-corrected chi connectivity index (χ2v) is 9.65. The van der Waals surface area contributed by atoms with Gasteiger partial charge in [0.05, 0.1) is 12.2 Å². The number of carboxylic acid groups (broad SMARTS) is 1. The van der Waals surface area contributed by atoms with Crippen LogP contribution in [0.2, 0.25) is 0 Å². The van der Waals surface area contributed by atoms with Crippen molar-refractivity contribution in [3.63, 3.8) is 0 Å². The van der Waals surface area contributed by atoms with Gasteiger partial charge in [-0.3, -0.25) is 9.29 Å². The molecule has 0 amide bonds. The summed E-state index contributed by atoms with van der Waals surface area (Å²) >= 11 is 0. The topological polar surface area (TPSA) is 49.8 Å². The number of nitrogens with zero attached hydrogens (tertiary/aromatic N) is 1. The maximum Gasteiger partial charge on any atom is 0.335 e. The van der Waals surface area contributed by atoms with Crippen LogP contribution in [0.25, 0.3) is 11.1 Å². The fourth-order valence-corrected chi connectivity index (χ4v) is 5.48. The summed E-state index contributed by atoms with van der Waals surface area (Å²) in [6.07, 6.45) is 4.31. The van der Waals surface area contributed by atoms with E-state index in [-0.39, 0.29) is 12.8 Å². The van der Waals surface area contributed by atoms with Crippen LogP contribution in [0.4, 0.5) is 4.39 Å². The molecule has 1 heterocycles. The average molecular weight is 486 g/mol. The van der Waals surface area contributed by atoms with Crippen molar-refractivity contribution in [1.29, 1.82) is 0 Å². The van der Waals surface area contributed by atoms with Crippen molar-refractivity contribution in [2.75, 3.05) is 26.3 Å². The van der Waals surface area contributed by atoms with E-state index in [0.29, 0.717) is 12.0 Å². The molecule has 1 aliphatic carbocycles. The highest BCUT2D eigenvalue weighted by molar-refractivity contribution is 6.00. The largest absolute Gasteiger partial charge is 0.489 e. The molecule has 1 fully saturated rings. The van der Waals surface area contributed by atoms with Crippen LogP contribution in [0.15, 0.2) is 72.8 Å². The van der Waals surface area contributed by atoms with E-state index in [1.165, 1.54) is 11.1 Å². The molecule has 1 N–H and O–H groups in total. The van der Waals surface area contributed by atoms with Crippen molar-refractivity contribution in [3.8, 4) is 5.75 Å². The molecule has 0 unspecified atom stereocenters. The number of allylic oxidation sites excluding steroid dienone is 1. The Morgan fingerprint density at radius 1 is 1.00 bits per heavy atom. The number of halogens is 1. The molecule has 3 aromatic rings. The van der Waals surface area contributed by atoms with Gasteiger partial charge in [0.25, 0.3) is 0 Å². The Bertz CT molecular complexity index is 1250. The van der Waals surface area contributed by atoms with E-state index in [1.807, 2.05) is 30.3 Å². The Kier molecular flexibility index (Phi) is 7.47. The third kappa shape index (κ3) is 5.36. The van der Waals surface area contributed by atoms with Gasteiger partial charge in [-0.05, 0) is 89.8 Å². The monoisotopic (exact) mass is 485 g/mol. The maximum absolute atomic E-state index is 12.6. The lowest BCUT2D eigenvalue weighted by molar-refractivity contribution is 0.0696. The molecule has 0 bridgehead atoms. The van der Waals surface area contributed by atoms with Gasteiger partial charge in [0.15, 0.2) is 0 Å². The molecule has 1 aliphatic heterocycles. The smallest absolute Gasteiger partial charge is 0.335 e. The van der Waals surface area contributed by atoms with Crippen LogP contribution >= 0.6 is 0 Å². The zero-order valence-corrected chi connectivity index (χ0v) is 20.5. The highest BCUT2D eigenvalue weighted by Gasteiger charge is 2.25. The molecule has 4 nitrogen and oxygen atoms in total. The highest BCUT2D eigenvalue weighted by Crippen LogP contribution is 2.41. The van der Waals surface area contributed by atoms with E-state index < -0.39 is 5.97 Å². The summed E-state index contributed by atoms with van der Waals surface area (Å²) < 4.78 is 19.0. The number of aromatic carboxylic acids is 1. The summed E-state index contributed by atoms with van der Waals surface area (Å²) in [5.41, 5.74) is 7.16. The summed E-state index contributed by atoms with van der Waals surface area (Å²) in [5, 5.41) is 9.56. The molecular formula is C31H32FNO3. The molecule has 0 aromatic heterocycles. The molecule has 36 heavy (non-hydrogen) atoms. The van der Waals surface area contributed by atoms with E-state index in [0.717, 1.165) is 73.3 Å². The second kappa shape index (κ2) is 11.1. The van der Waals surface area contributed by atoms with Gasteiger partial charge in [-0.15, -0.1) is 0 Å². The number of carboxylic acids is 1. The van der Waals surface area contributed by atoms with E-state index in [1.54, 1.807) is 6.07 Å². The van der Waals surface area contributed by atoms with Crippen LogP contribution in [-0.4, -0.2) is 48.4 Å². The number of hydrogen-bond acceptors (Lipinski definition) is 3. The van der Waals surface area contributed by atoms with Crippen LogP contribution in [0.3, 0.4) is 0 Å². The summed E-state index contributed by atoms with van der Waals surface area (Å²) in [6, 6.07) is 24.2. The Labute approximate surface area is 212 Å². The van der Waals surface area contributed by atoms with Crippen molar-refractivity contribution in [2.24, 2.45) is 0 Å². The lowest BCUT2D eigenvalue weighted by Crippen LogP contribution is -2.26. The number of rotatable bonds is 8. The lowest BCUT2D eigenvalue weighted by Gasteiger charge is -2.19. The van der Waals surface area contributed by atoms with Crippen molar-refractivity contribution >= 4 is 17.1 Å². The summed E-state index contributed by atoms with van der Waals surface area (Å²) in [6.45, 7) is 2.26. The number of benzene rings is 3. The fraction of sp³-hybridized carbons (Fsp3) is 0.323. The Morgan fingerprint density at radius 2 is 1.83 bits per heavy atom. The van der Waals surface area contributed by atoms with Crippen LogP contribution in [0.1, 0.15) is 58.3 Å². The fourth-order valence-electron chi connectivity index (χ4n) is 5.48. The molecule has 1 saturated heterocycles. The van der Waals surface area contributed by atoms with Crippen molar-refractivity contribution in [1.82, 2.24) is 4.90 Å². The zero-order valence-electron chi connectivity index (χ0n) is 20.5. The van der Waals surface area contributed by atoms with Gasteiger partial charge in [-0.25, -0.2) is 4.79 Å². The first-order valence-electron chi connectivity index (χ1n) is 12.8. The van der Waals surface area contributed by atoms with Gasteiger partial charge >= 0.3 is 5.97 Å². The average Bonchev–Trinajstić information content (AvgIpc) is 3.25. The number of fused-ring (bicyclic) bond motifs is 1. The van der Waals surface area contributed by atoms with Crippen LogP contribution < -0.4 is 4.74 Å². The van der Waals surface area contributed by atoms with E-state index >= 15 is 0 Å². The number of carbonyl (C=O) groups is 1. The molecule has 2 aliphatic rings. The Morgan fingerprint density at radius 3 is 2.64 bits per heavy atom. The maximum atomic E-state index is 12.6. The summed E-state index contributed by atoms with van der Waals surface area (Å²) in [5.74, 6) is -0.0684. The van der Waals surface area contributed by atoms with Gasteiger partial charge in [0, 0.05) is 19.6 Å². The van der Waals surface area contributed by atoms with Crippen LogP contribution in [0, 0.1) is 0 Å². The number of hydrogen-bond donors (Lipinski definition) is 1. The van der Waals surface area contributed by atoms with Gasteiger partial charge in [0.1, 0.15) is 11.9 Å². The molecular weight excluding hydrogens is 453 g/mol. The predicted molar refractivity (Wildman–Crippen MR) is 141 cm³/mol. The third-order valence-corrected chi connectivity index (χ3v) is 7.18. The van der Waals surface area contributed by atoms with E-state index in [2.05, 4.69) is 41.3 Å². The first-order chi connectivity index (χ1) is 17.6. The quantitative estimate of drug-likeness (QED) is 0.396. The van der Waals surface area contributed by atoms with Gasteiger partial charge in [-0.1, -0.05) is 48.5 Å². The molecule has 0 spiro atoms. The number of aryl methyl sites for hydroxylation is 1. The van der Waals surface area contributed by atoms with Crippen LogP contribution in [0.5, 0.6) is 5.75 Å². The summed E-state index contributed by atoms with van der Waals surface area (Å²) in [7, 11) is 0. The van der Waals surface area contributed by atoms with Crippen LogP contribution in [-0.2, 0) is 6.42 Å². The molecule has 186 valence electrons. The van der Waals surface area contributed by atoms with Gasteiger partial charge in [0.2, 0.25) is 0 Å². The van der Waals surface area contributed by atoms with E-state index in [4.69, 9.17) is 4.74 Å². The Hall–Kier alpha value is -3.44. The SMILES string of the molecule is O=C(O)c1ccc2c(c1)CCCC(c1ccccc1)=C2c1cccc(O[C@H]2CCN(CCCF)C2)c1. The van der Waals surface area contributed by atoms with Gasteiger partial charge < -0.3 is 9.84 Å². The third-order valence-electron chi connectivity index (χ3n) is 7.18. The number of ether oxygens (including phenoxy) is 1. The van der Waals surface area contributed by atoms with E-state index in [9.17, 15) is 14.3 Å². The minimum absolute atomic E-state index is 0.0991. The minimum Gasteiger partial charge on any atom is -0.489 e. The molecule has 5 heteroatoms. The molecule has 0 radical (unpaired) electrons. The summed E-state index contributed by atoms with van der Waals surface area (Å²) in [4.78, 5) is 13.9. The molecule has 1 atom stereocenters. The zero-order chi connectivity index (χ0) is 24.9.